The number of halogens is 1. The largest absolute Gasteiger partial charge is 0.495 e. The molecule has 0 amide bonds. The number of methoxy groups -OCH3 is 2. The van der Waals surface area contributed by atoms with E-state index in [1.165, 1.54) is 0 Å². The summed E-state index contributed by atoms with van der Waals surface area (Å²) in [5.74, 6) is 1.23. The quantitative estimate of drug-likeness (QED) is 0.490. The molecule has 0 fully saturated rings. The number of imidazole rings is 1. The Labute approximate surface area is 188 Å². The van der Waals surface area contributed by atoms with Crippen LogP contribution in [0.1, 0.15) is 28.4 Å². The van der Waals surface area contributed by atoms with E-state index in [1.807, 2.05) is 42.9 Å². The molecule has 30 heavy (non-hydrogen) atoms. The highest BCUT2D eigenvalue weighted by Crippen LogP contribution is 2.29. The highest BCUT2D eigenvalue weighted by atomic mass is 127. The fraction of sp³-hybridized carbons (Fsp3) is 0.227. The summed E-state index contributed by atoms with van der Waals surface area (Å²) >= 11 is 2.17. The lowest BCUT2D eigenvalue weighted by molar-refractivity contribution is 0.0695. The second-order valence-electron chi connectivity index (χ2n) is 6.35. The molecule has 1 aliphatic heterocycles. The first-order valence-electron chi connectivity index (χ1n) is 9.01. The Kier molecular flexibility index (Phi) is 7.28. The summed E-state index contributed by atoms with van der Waals surface area (Å²) in [6.45, 7) is 1.18. The lowest BCUT2D eigenvalue weighted by Gasteiger charge is -2.26. The van der Waals surface area contributed by atoms with Crippen LogP contribution in [0.4, 0.5) is 0 Å². The average molecular weight is 514 g/mol. The molecule has 7 nitrogen and oxygen atoms in total. The van der Waals surface area contributed by atoms with E-state index in [2.05, 4.69) is 38.2 Å². The third-order valence-corrected chi connectivity index (χ3v) is 5.29. The van der Waals surface area contributed by atoms with Gasteiger partial charge in [-0.25, -0.2) is 4.98 Å². The minimum Gasteiger partial charge on any atom is -0.495 e. The van der Waals surface area contributed by atoms with Crippen LogP contribution in [-0.2, 0) is 11.3 Å². The molecule has 0 N–H and O–H groups in total. The van der Waals surface area contributed by atoms with Gasteiger partial charge in [-0.2, -0.15) is 10.5 Å². The highest BCUT2D eigenvalue weighted by Gasteiger charge is 2.22. The first kappa shape index (κ1) is 21.6. The zero-order valence-electron chi connectivity index (χ0n) is 16.5. The lowest BCUT2D eigenvalue weighted by atomic mass is 10.0. The Morgan fingerprint density at radius 3 is 2.40 bits per heavy atom. The number of ether oxygens (including phenoxy) is 3. The number of nitriles is 2. The Morgan fingerprint density at radius 1 is 1.07 bits per heavy atom. The van der Waals surface area contributed by atoms with Gasteiger partial charge in [-0.1, -0.05) is 6.07 Å². The van der Waals surface area contributed by atoms with Crippen molar-refractivity contribution in [2.75, 3.05) is 20.8 Å². The predicted octanol–water partition coefficient (Wildman–Crippen LogP) is 4.05. The van der Waals surface area contributed by atoms with E-state index < -0.39 is 0 Å². The van der Waals surface area contributed by atoms with Gasteiger partial charge in [-0.15, -0.1) is 0 Å². The molecular formula is C22H19IN4O3. The van der Waals surface area contributed by atoms with Crippen LogP contribution < -0.4 is 9.47 Å². The Morgan fingerprint density at radius 2 is 1.73 bits per heavy atom. The minimum absolute atomic E-state index is 0.0768. The van der Waals surface area contributed by atoms with Crippen molar-refractivity contribution in [2.45, 2.75) is 12.6 Å². The number of nitrogens with zero attached hydrogens (tertiary/aromatic N) is 4. The number of rotatable bonds is 3. The third-order valence-electron chi connectivity index (χ3n) is 4.62. The molecule has 2 aromatic carbocycles. The van der Waals surface area contributed by atoms with Gasteiger partial charge >= 0.3 is 0 Å². The van der Waals surface area contributed by atoms with Gasteiger partial charge in [0, 0.05) is 3.57 Å². The number of hydrogen-bond acceptors (Lipinski definition) is 6. The maximum absolute atomic E-state index is 9.01. The van der Waals surface area contributed by atoms with E-state index in [1.54, 1.807) is 26.4 Å². The number of hydrogen-bond donors (Lipinski definition) is 0. The molecule has 1 aliphatic rings. The van der Waals surface area contributed by atoms with Crippen molar-refractivity contribution in [3.8, 4) is 23.6 Å². The maximum Gasteiger partial charge on any atom is 0.137 e. The molecule has 0 aliphatic carbocycles. The van der Waals surface area contributed by atoms with E-state index in [4.69, 9.17) is 24.7 Å². The molecule has 0 saturated carbocycles. The highest BCUT2D eigenvalue weighted by molar-refractivity contribution is 14.1. The predicted molar refractivity (Wildman–Crippen MR) is 118 cm³/mol. The van der Waals surface area contributed by atoms with Gasteiger partial charge in [0.05, 0.1) is 62.8 Å². The normalized spacial score (nSPS) is 14.4. The number of aromatic nitrogens is 2. The van der Waals surface area contributed by atoms with E-state index in [0.29, 0.717) is 35.8 Å². The monoisotopic (exact) mass is 514 g/mol. The second kappa shape index (κ2) is 10.1. The zero-order valence-corrected chi connectivity index (χ0v) is 18.7. The van der Waals surface area contributed by atoms with Crippen LogP contribution in [0.5, 0.6) is 11.5 Å². The van der Waals surface area contributed by atoms with Gasteiger partial charge in [0.15, 0.2) is 0 Å². The third kappa shape index (κ3) is 4.73. The van der Waals surface area contributed by atoms with Gasteiger partial charge < -0.3 is 18.8 Å². The molecule has 8 heteroatoms. The van der Waals surface area contributed by atoms with Gasteiger partial charge in [0.2, 0.25) is 0 Å². The Hall–Kier alpha value is -3.08. The molecule has 4 rings (SSSR count). The maximum atomic E-state index is 9.01. The summed E-state index contributed by atoms with van der Waals surface area (Å²) in [6.07, 6.45) is 3.63. The summed E-state index contributed by atoms with van der Waals surface area (Å²) in [4.78, 5) is 4.16. The van der Waals surface area contributed by atoms with Crippen LogP contribution >= 0.6 is 22.6 Å². The fourth-order valence-electron chi connectivity index (χ4n) is 3.10. The minimum atomic E-state index is 0.0768. The molecule has 1 atom stereocenters. The van der Waals surface area contributed by atoms with Crippen molar-refractivity contribution in [1.82, 2.24) is 9.55 Å². The van der Waals surface area contributed by atoms with E-state index >= 15 is 0 Å². The SMILES string of the molecule is COc1cc(C2COCc3cncn32)ccc1C#N.COc1cc(I)ccc1C#N. The van der Waals surface area contributed by atoms with E-state index in [9.17, 15) is 0 Å². The Balaban J connectivity index is 0.000000199. The first-order chi connectivity index (χ1) is 14.6. The van der Waals surface area contributed by atoms with Gasteiger partial charge in [-0.3, -0.25) is 0 Å². The zero-order chi connectivity index (χ0) is 21.5. The van der Waals surface area contributed by atoms with Gasteiger partial charge in [0.1, 0.15) is 23.6 Å². The van der Waals surface area contributed by atoms with E-state index in [-0.39, 0.29) is 6.04 Å². The number of benzene rings is 2. The topological polar surface area (TPSA) is 93.1 Å². The summed E-state index contributed by atoms with van der Waals surface area (Å²) < 4.78 is 19.0. The van der Waals surface area contributed by atoms with E-state index in [0.717, 1.165) is 14.8 Å². The number of fused-ring (bicyclic) bond motifs is 1. The molecule has 0 spiro atoms. The van der Waals surface area contributed by atoms with Crippen molar-refractivity contribution in [3.63, 3.8) is 0 Å². The molecule has 1 unspecified atom stereocenters. The standard InChI is InChI=1S/C14H13N3O2.C8H6INO/c1-18-14-4-10(2-3-11(14)5-15)13-8-19-7-12-6-16-9-17(12)13;1-11-8-4-7(9)3-2-6(8)5-10/h2-4,6,9,13H,7-8H2,1H3;2-4H,1H3. The van der Waals surface area contributed by atoms with Crippen LogP contribution in [-0.4, -0.2) is 30.4 Å². The second-order valence-corrected chi connectivity index (χ2v) is 7.60. The van der Waals surface area contributed by atoms with Crippen molar-refractivity contribution < 1.29 is 14.2 Å². The molecule has 1 aromatic heterocycles. The van der Waals surface area contributed by atoms with Crippen molar-refractivity contribution in [3.05, 3.63) is 74.9 Å². The van der Waals surface area contributed by atoms with Crippen molar-refractivity contribution in [2.24, 2.45) is 0 Å². The van der Waals surface area contributed by atoms with Gasteiger partial charge in [0.25, 0.3) is 0 Å². The lowest BCUT2D eigenvalue weighted by Crippen LogP contribution is -2.23. The molecule has 0 radical (unpaired) electrons. The molecule has 152 valence electrons. The summed E-state index contributed by atoms with van der Waals surface area (Å²) in [6, 6.07) is 15.3. The van der Waals surface area contributed by atoms with Crippen molar-refractivity contribution in [1.29, 1.82) is 10.5 Å². The van der Waals surface area contributed by atoms with Crippen LogP contribution in [0, 0.1) is 26.2 Å². The fourth-order valence-corrected chi connectivity index (χ4v) is 3.56. The molecule has 3 aromatic rings. The Bertz CT molecular complexity index is 1110. The summed E-state index contributed by atoms with van der Waals surface area (Å²) in [5, 5.41) is 17.6. The van der Waals surface area contributed by atoms with Crippen LogP contribution in [0.3, 0.4) is 0 Å². The average Bonchev–Trinajstić information content (AvgIpc) is 3.28. The van der Waals surface area contributed by atoms with Crippen LogP contribution in [0.15, 0.2) is 48.9 Å². The van der Waals surface area contributed by atoms with Crippen molar-refractivity contribution >= 4 is 22.6 Å². The molecule has 2 heterocycles. The van der Waals surface area contributed by atoms with Crippen LogP contribution in [0.25, 0.3) is 0 Å². The van der Waals surface area contributed by atoms with Crippen LogP contribution in [0.2, 0.25) is 0 Å². The smallest absolute Gasteiger partial charge is 0.137 e. The molecular weight excluding hydrogens is 495 g/mol. The summed E-state index contributed by atoms with van der Waals surface area (Å²) in [5.41, 5.74) is 3.22. The molecule has 0 saturated heterocycles. The molecule has 0 bridgehead atoms. The summed E-state index contributed by atoms with van der Waals surface area (Å²) in [7, 11) is 3.13. The first-order valence-corrected chi connectivity index (χ1v) is 10.1. The van der Waals surface area contributed by atoms with Gasteiger partial charge in [-0.05, 0) is 58.5 Å².